The van der Waals surface area contributed by atoms with E-state index in [1.54, 1.807) is 4.68 Å². The minimum absolute atomic E-state index is 0.0342. The average Bonchev–Trinajstić information content (AvgIpc) is 2.85. The van der Waals surface area contributed by atoms with Gasteiger partial charge in [0.1, 0.15) is 0 Å². The third-order valence-electron chi connectivity index (χ3n) is 2.88. The molecule has 22 heavy (non-hydrogen) atoms. The number of aromatic nitrogens is 4. The van der Waals surface area contributed by atoms with Crippen LogP contribution in [0.15, 0.2) is 23.4 Å². The maximum atomic E-state index is 11.9. The molecule has 1 aromatic carbocycles. The van der Waals surface area contributed by atoms with Gasteiger partial charge >= 0.3 is 0 Å². The summed E-state index contributed by atoms with van der Waals surface area (Å²) < 4.78 is 1.68. The molecular weight excluding hydrogens is 298 g/mol. The van der Waals surface area contributed by atoms with Crippen LogP contribution in [0.5, 0.6) is 0 Å². The highest BCUT2D eigenvalue weighted by Crippen LogP contribution is 2.21. The minimum Gasteiger partial charge on any atom is -0.351 e. The summed E-state index contributed by atoms with van der Waals surface area (Å²) in [5.74, 6) is 0.246. The monoisotopic (exact) mass is 319 g/mol. The third kappa shape index (κ3) is 4.30. The van der Waals surface area contributed by atoms with Gasteiger partial charge in [-0.3, -0.25) is 4.79 Å². The number of tetrazole rings is 1. The van der Waals surface area contributed by atoms with E-state index in [9.17, 15) is 4.79 Å². The smallest absolute Gasteiger partial charge is 0.230 e. The van der Waals surface area contributed by atoms with Crippen LogP contribution in [-0.4, -0.2) is 37.4 Å². The molecular formula is C15H21N5OS. The quantitative estimate of drug-likeness (QED) is 0.875. The van der Waals surface area contributed by atoms with Crippen molar-refractivity contribution in [3.8, 4) is 5.69 Å². The number of rotatable bonds is 4. The predicted octanol–water partition coefficient (Wildman–Crippen LogP) is 2.29. The lowest BCUT2D eigenvalue weighted by atomic mass is 10.1. The van der Waals surface area contributed by atoms with Crippen LogP contribution in [0.2, 0.25) is 0 Å². The average molecular weight is 319 g/mol. The molecule has 1 N–H and O–H groups in total. The zero-order valence-electron chi connectivity index (χ0n) is 13.5. The van der Waals surface area contributed by atoms with E-state index in [2.05, 4.69) is 20.8 Å². The van der Waals surface area contributed by atoms with Crippen molar-refractivity contribution in [2.75, 3.05) is 5.75 Å². The highest BCUT2D eigenvalue weighted by Gasteiger charge is 2.16. The lowest BCUT2D eigenvalue weighted by molar-refractivity contribution is -0.119. The van der Waals surface area contributed by atoms with Crippen LogP contribution in [0.25, 0.3) is 5.69 Å². The molecule has 0 radical (unpaired) electrons. The first-order valence-corrected chi connectivity index (χ1v) is 8.04. The molecule has 7 heteroatoms. The molecule has 1 aromatic heterocycles. The Balaban J connectivity index is 2.13. The zero-order chi connectivity index (χ0) is 16.3. The molecule has 0 saturated heterocycles. The Hall–Kier alpha value is -1.89. The first-order chi connectivity index (χ1) is 10.3. The molecule has 0 aliphatic carbocycles. The third-order valence-corrected chi connectivity index (χ3v) is 3.80. The molecule has 0 aliphatic heterocycles. The van der Waals surface area contributed by atoms with Crippen molar-refractivity contribution in [1.29, 1.82) is 0 Å². The highest BCUT2D eigenvalue weighted by atomic mass is 32.2. The van der Waals surface area contributed by atoms with Crippen LogP contribution >= 0.6 is 11.8 Å². The number of nitrogens with one attached hydrogen (secondary N) is 1. The van der Waals surface area contributed by atoms with Gasteiger partial charge in [-0.05, 0) is 62.2 Å². The number of nitrogens with zero attached hydrogens (tertiary/aromatic N) is 4. The van der Waals surface area contributed by atoms with E-state index in [4.69, 9.17) is 0 Å². The summed E-state index contributed by atoms with van der Waals surface area (Å²) in [7, 11) is 0. The SMILES string of the molecule is Cc1ccc(C)c(-n2nnnc2SCC(=O)NC(C)(C)C)c1. The van der Waals surface area contributed by atoms with Crippen LogP contribution in [0.3, 0.4) is 0 Å². The number of amides is 1. The molecule has 0 fully saturated rings. The molecule has 0 bridgehead atoms. The van der Waals surface area contributed by atoms with Crippen LogP contribution in [0.1, 0.15) is 31.9 Å². The summed E-state index contributed by atoms with van der Waals surface area (Å²) in [6, 6.07) is 6.12. The van der Waals surface area contributed by atoms with Gasteiger partial charge in [0.25, 0.3) is 0 Å². The van der Waals surface area contributed by atoms with Gasteiger partial charge in [-0.2, -0.15) is 4.68 Å². The fourth-order valence-corrected chi connectivity index (χ4v) is 2.64. The lowest BCUT2D eigenvalue weighted by Crippen LogP contribution is -2.41. The summed E-state index contributed by atoms with van der Waals surface area (Å²) >= 11 is 1.33. The minimum atomic E-state index is -0.239. The van der Waals surface area contributed by atoms with E-state index in [0.29, 0.717) is 5.16 Å². The van der Waals surface area contributed by atoms with E-state index >= 15 is 0 Å². The van der Waals surface area contributed by atoms with Crippen LogP contribution < -0.4 is 5.32 Å². The predicted molar refractivity (Wildman–Crippen MR) is 87.2 cm³/mol. The van der Waals surface area contributed by atoms with Crippen molar-refractivity contribution in [1.82, 2.24) is 25.5 Å². The number of hydrogen-bond donors (Lipinski definition) is 1. The second-order valence-electron chi connectivity index (χ2n) is 6.25. The van der Waals surface area contributed by atoms with Gasteiger partial charge in [-0.25, -0.2) is 0 Å². The maximum absolute atomic E-state index is 11.9. The standard InChI is InChI=1S/C15H21N5OS/c1-10-6-7-11(2)12(8-10)20-14(17-18-19-20)22-9-13(21)16-15(3,4)5/h6-8H,9H2,1-5H3,(H,16,21). The number of carbonyl (C=O) groups is 1. The number of aryl methyl sites for hydroxylation is 2. The molecule has 6 nitrogen and oxygen atoms in total. The number of thioether (sulfide) groups is 1. The fourth-order valence-electron chi connectivity index (χ4n) is 1.95. The van der Waals surface area contributed by atoms with Gasteiger partial charge < -0.3 is 5.32 Å². The molecule has 0 unspecified atom stereocenters. The van der Waals surface area contributed by atoms with E-state index in [-0.39, 0.29) is 17.2 Å². The van der Waals surface area contributed by atoms with Gasteiger partial charge in [-0.15, -0.1) is 5.10 Å². The molecule has 0 aliphatic rings. The molecule has 2 rings (SSSR count). The Morgan fingerprint density at radius 3 is 2.73 bits per heavy atom. The summed E-state index contributed by atoms with van der Waals surface area (Å²) in [6.45, 7) is 9.90. The van der Waals surface area contributed by atoms with Gasteiger partial charge in [0.2, 0.25) is 11.1 Å². The summed E-state index contributed by atoms with van der Waals surface area (Å²) in [6.07, 6.45) is 0. The molecule has 2 aromatic rings. The van der Waals surface area contributed by atoms with Gasteiger partial charge in [0.05, 0.1) is 11.4 Å². The van der Waals surface area contributed by atoms with Crippen molar-refractivity contribution < 1.29 is 4.79 Å². The Labute approximate surface area is 134 Å². The fraction of sp³-hybridized carbons (Fsp3) is 0.467. The molecule has 0 saturated carbocycles. The summed E-state index contributed by atoms with van der Waals surface area (Å²) in [5.41, 5.74) is 2.91. The number of benzene rings is 1. The van der Waals surface area contributed by atoms with Crippen molar-refractivity contribution in [2.45, 2.75) is 45.3 Å². The van der Waals surface area contributed by atoms with Gasteiger partial charge in [-0.1, -0.05) is 23.9 Å². The topological polar surface area (TPSA) is 72.7 Å². The summed E-state index contributed by atoms with van der Waals surface area (Å²) in [5, 5.41) is 15.3. The normalized spacial score (nSPS) is 11.5. The number of carbonyl (C=O) groups excluding carboxylic acids is 1. The van der Waals surface area contributed by atoms with Crippen molar-refractivity contribution in [3.05, 3.63) is 29.3 Å². The largest absolute Gasteiger partial charge is 0.351 e. The first kappa shape index (κ1) is 16.5. The van der Waals surface area contributed by atoms with Crippen molar-refractivity contribution >= 4 is 17.7 Å². The van der Waals surface area contributed by atoms with Gasteiger partial charge in [0, 0.05) is 5.54 Å². The first-order valence-electron chi connectivity index (χ1n) is 7.06. The van der Waals surface area contributed by atoms with E-state index in [1.165, 1.54) is 11.8 Å². The lowest BCUT2D eigenvalue weighted by Gasteiger charge is -2.20. The molecule has 1 heterocycles. The molecule has 0 atom stereocenters. The molecule has 1 amide bonds. The number of hydrogen-bond acceptors (Lipinski definition) is 5. The second-order valence-corrected chi connectivity index (χ2v) is 7.19. The Morgan fingerprint density at radius 2 is 2.05 bits per heavy atom. The Kier molecular flexibility index (Phi) is 4.85. The van der Waals surface area contributed by atoms with E-state index in [1.807, 2.05) is 52.8 Å². The van der Waals surface area contributed by atoms with Crippen molar-refractivity contribution in [3.63, 3.8) is 0 Å². The van der Waals surface area contributed by atoms with E-state index < -0.39 is 0 Å². The maximum Gasteiger partial charge on any atom is 0.230 e. The Bertz CT molecular complexity index is 675. The van der Waals surface area contributed by atoms with Crippen molar-refractivity contribution in [2.24, 2.45) is 0 Å². The Morgan fingerprint density at radius 1 is 1.32 bits per heavy atom. The summed E-state index contributed by atoms with van der Waals surface area (Å²) in [4.78, 5) is 11.9. The van der Waals surface area contributed by atoms with Crippen LogP contribution in [-0.2, 0) is 4.79 Å². The molecule has 0 spiro atoms. The second kappa shape index (κ2) is 6.48. The van der Waals surface area contributed by atoms with E-state index in [0.717, 1.165) is 16.8 Å². The van der Waals surface area contributed by atoms with Crippen LogP contribution in [0.4, 0.5) is 0 Å². The van der Waals surface area contributed by atoms with Crippen LogP contribution in [0, 0.1) is 13.8 Å². The molecule has 118 valence electrons. The zero-order valence-corrected chi connectivity index (χ0v) is 14.4. The van der Waals surface area contributed by atoms with Gasteiger partial charge in [0.15, 0.2) is 0 Å². The highest BCUT2D eigenvalue weighted by molar-refractivity contribution is 7.99.